The highest BCUT2D eigenvalue weighted by molar-refractivity contribution is 5.76. The molecule has 3 nitrogen and oxygen atoms in total. The van der Waals surface area contributed by atoms with E-state index in [0.717, 1.165) is 30.1 Å². The predicted molar refractivity (Wildman–Crippen MR) is 101 cm³/mol. The number of hydrogen-bond acceptors (Lipinski definition) is 2. The molecule has 0 aliphatic rings. The van der Waals surface area contributed by atoms with E-state index in [1.165, 1.54) is 16.6 Å². The van der Waals surface area contributed by atoms with Gasteiger partial charge in [-0.15, -0.1) is 0 Å². The highest BCUT2D eigenvalue weighted by Crippen LogP contribution is 2.21. The van der Waals surface area contributed by atoms with E-state index in [-0.39, 0.29) is 0 Å². The van der Waals surface area contributed by atoms with Crippen molar-refractivity contribution < 1.29 is 4.74 Å². The molecule has 124 valence electrons. The van der Waals surface area contributed by atoms with Gasteiger partial charge in [-0.2, -0.15) is 0 Å². The molecular formula is C22H20N2O. The van der Waals surface area contributed by atoms with Crippen LogP contribution in [0.15, 0.2) is 78.9 Å². The van der Waals surface area contributed by atoms with Crippen LogP contribution in [0.3, 0.4) is 0 Å². The molecule has 0 aliphatic heterocycles. The largest absolute Gasteiger partial charge is 0.497 e. The molecule has 3 heteroatoms. The van der Waals surface area contributed by atoms with E-state index in [0.29, 0.717) is 0 Å². The van der Waals surface area contributed by atoms with Crippen molar-refractivity contribution in [3.8, 4) is 5.75 Å². The fourth-order valence-electron chi connectivity index (χ4n) is 3.13. The topological polar surface area (TPSA) is 27.1 Å². The van der Waals surface area contributed by atoms with Gasteiger partial charge in [0.15, 0.2) is 0 Å². The number of rotatable bonds is 5. The number of methoxy groups -OCH3 is 1. The van der Waals surface area contributed by atoms with E-state index in [4.69, 9.17) is 9.72 Å². The van der Waals surface area contributed by atoms with Crippen LogP contribution in [-0.4, -0.2) is 16.7 Å². The van der Waals surface area contributed by atoms with Gasteiger partial charge in [-0.3, -0.25) is 0 Å². The van der Waals surface area contributed by atoms with Gasteiger partial charge in [0.05, 0.1) is 18.1 Å². The van der Waals surface area contributed by atoms with E-state index in [9.17, 15) is 0 Å². The van der Waals surface area contributed by atoms with Crippen LogP contribution in [0.1, 0.15) is 17.0 Å². The second-order valence-corrected chi connectivity index (χ2v) is 6.11. The molecule has 0 spiro atoms. The van der Waals surface area contributed by atoms with E-state index < -0.39 is 0 Å². The third-order valence-corrected chi connectivity index (χ3v) is 4.44. The van der Waals surface area contributed by atoms with Crippen LogP contribution in [0.4, 0.5) is 0 Å². The van der Waals surface area contributed by atoms with Gasteiger partial charge in [-0.05, 0) is 35.4 Å². The minimum Gasteiger partial charge on any atom is -0.497 e. The van der Waals surface area contributed by atoms with Gasteiger partial charge in [0.1, 0.15) is 11.6 Å². The van der Waals surface area contributed by atoms with Gasteiger partial charge in [0.2, 0.25) is 0 Å². The number of benzene rings is 3. The van der Waals surface area contributed by atoms with Crippen molar-refractivity contribution in [2.24, 2.45) is 0 Å². The fourth-order valence-corrected chi connectivity index (χ4v) is 3.13. The maximum atomic E-state index is 5.25. The van der Waals surface area contributed by atoms with Crippen molar-refractivity contribution in [1.82, 2.24) is 9.55 Å². The molecule has 3 aromatic carbocycles. The Kier molecular flexibility index (Phi) is 4.21. The molecular weight excluding hydrogens is 308 g/mol. The number of ether oxygens (including phenoxy) is 1. The zero-order chi connectivity index (χ0) is 17.1. The Morgan fingerprint density at radius 2 is 1.52 bits per heavy atom. The van der Waals surface area contributed by atoms with Gasteiger partial charge >= 0.3 is 0 Å². The summed E-state index contributed by atoms with van der Waals surface area (Å²) in [7, 11) is 1.69. The molecule has 0 saturated heterocycles. The standard InChI is InChI=1S/C22H20N2O/c1-25-19-13-11-17(12-14-19)15-22-23-20-9-5-6-10-21(20)24(22)16-18-7-3-2-4-8-18/h2-14H,15-16H2,1H3. The summed E-state index contributed by atoms with van der Waals surface area (Å²) in [4.78, 5) is 4.88. The highest BCUT2D eigenvalue weighted by Gasteiger charge is 2.11. The number of aromatic nitrogens is 2. The van der Waals surface area contributed by atoms with Gasteiger partial charge in [-0.1, -0.05) is 54.6 Å². The van der Waals surface area contributed by atoms with Crippen molar-refractivity contribution in [2.45, 2.75) is 13.0 Å². The zero-order valence-corrected chi connectivity index (χ0v) is 14.2. The third-order valence-electron chi connectivity index (χ3n) is 4.44. The van der Waals surface area contributed by atoms with Crippen LogP contribution in [0, 0.1) is 0 Å². The van der Waals surface area contributed by atoms with Crippen molar-refractivity contribution in [3.05, 3.63) is 95.8 Å². The van der Waals surface area contributed by atoms with Gasteiger partial charge < -0.3 is 9.30 Å². The molecule has 4 rings (SSSR count). The average molecular weight is 328 g/mol. The summed E-state index contributed by atoms with van der Waals surface area (Å²) < 4.78 is 7.56. The number of hydrogen-bond donors (Lipinski definition) is 0. The summed E-state index contributed by atoms with van der Waals surface area (Å²) in [6, 6.07) is 27.1. The van der Waals surface area contributed by atoms with E-state index in [1.54, 1.807) is 7.11 Å². The van der Waals surface area contributed by atoms with Gasteiger partial charge in [0, 0.05) is 13.0 Å². The Hall–Kier alpha value is -3.07. The Morgan fingerprint density at radius 3 is 2.28 bits per heavy atom. The Labute approximate surface area is 147 Å². The lowest BCUT2D eigenvalue weighted by Gasteiger charge is -2.10. The Balaban J connectivity index is 1.72. The summed E-state index contributed by atoms with van der Waals surface area (Å²) >= 11 is 0. The summed E-state index contributed by atoms with van der Waals surface area (Å²) in [5.74, 6) is 1.96. The lowest BCUT2D eigenvalue weighted by atomic mass is 10.1. The van der Waals surface area contributed by atoms with Crippen molar-refractivity contribution in [3.63, 3.8) is 0 Å². The van der Waals surface area contributed by atoms with Crippen LogP contribution >= 0.6 is 0 Å². The lowest BCUT2D eigenvalue weighted by molar-refractivity contribution is 0.414. The molecule has 0 saturated carbocycles. The SMILES string of the molecule is COc1ccc(Cc2nc3ccccc3n2Cc2ccccc2)cc1. The van der Waals surface area contributed by atoms with Crippen LogP contribution in [-0.2, 0) is 13.0 Å². The third kappa shape index (κ3) is 3.26. The number of para-hydroxylation sites is 2. The molecule has 0 aliphatic carbocycles. The second kappa shape index (κ2) is 6.81. The summed E-state index contributed by atoms with van der Waals surface area (Å²) in [6.45, 7) is 0.826. The first-order chi connectivity index (χ1) is 12.3. The number of nitrogens with zero attached hydrogens (tertiary/aromatic N) is 2. The molecule has 0 unspecified atom stereocenters. The van der Waals surface area contributed by atoms with Crippen molar-refractivity contribution >= 4 is 11.0 Å². The van der Waals surface area contributed by atoms with Crippen molar-refractivity contribution in [1.29, 1.82) is 0 Å². The maximum absolute atomic E-state index is 5.25. The number of fused-ring (bicyclic) bond motifs is 1. The summed E-state index contributed by atoms with van der Waals surface area (Å²) in [5, 5.41) is 0. The van der Waals surface area contributed by atoms with E-state index >= 15 is 0 Å². The first kappa shape index (κ1) is 15.5. The van der Waals surface area contributed by atoms with Crippen LogP contribution in [0.2, 0.25) is 0 Å². The molecule has 0 amide bonds. The molecule has 25 heavy (non-hydrogen) atoms. The van der Waals surface area contributed by atoms with E-state index in [1.807, 2.05) is 24.3 Å². The second-order valence-electron chi connectivity index (χ2n) is 6.11. The smallest absolute Gasteiger partial charge is 0.118 e. The zero-order valence-electron chi connectivity index (χ0n) is 14.2. The van der Waals surface area contributed by atoms with Gasteiger partial charge in [-0.25, -0.2) is 4.98 Å². The Bertz CT molecular complexity index is 972. The average Bonchev–Trinajstić information content (AvgIpc) is 3.00. The molecule has 1 heterocycles. The summed E-state index contributed by atoms with van der Waals surface area (Å²) in [6.07, 6.45) is 0.797. The molecule has 4 aromatic rings. The first-order valence-electron chi connectivity index (χ1n) is 8.44. The minimum atomic E-state index is 0.797. The highest BCUT2D eigenvalue weighted by atomic mass is 16.5. The predicted octanol–water partition coefficient (Wildman–Crippen LogP) is 4.68. The van der Waals surface area contributed by atoms with Crippen molar-refractivity contribution in [2.75, 3.05) is 7.11 Å². The fraction of sp³-hybridized carbons (Fsp3) is 0.136. The normalized spacial score (nSPS) is 10.9. The quantitative estimate of drug-likeness (QED) is 0.532. The molecule has 0 fully saturated rings. The molecule has 0 radical (unpaired) electrons. The first-order valence-corrected chi connectivity index (χ1v) is 8.44. The minimum absolute atomic E-state index is 0.797. The molecule has 0 bridgehead atoms. The summed E-state index contributed by atoms with van der Waals surface area (Å²) in [5.41, 5.74) is 4.73. The molecule has 0 atom stereocenters. The van der Waals surface area contributed by atoms with Gasteiger partial charge in [0.25, 0.3) is 0 Å². The Morgan fingerprint density at radius 1 is 0.800 bits per heavy atom. The monoisotopic (exact) mass is 328 g/mol. The van der Waals surface area contributed by atoms with Crippen LogP contribution < -0.4 is 4.74 Å². The van der Waals surface area contributed by atoms with Crippen LogP contribution in [0.25, 0.3) is 11.0 Å². The lowest BCUT2D eigenvalue weighted by Crippen LogP contribution is -2.06. The number of imidazole rings is 1. The van der Waals surface area contributed by atoms with Crippen LogP contribution in [0.5, 0.6) is 5.75 Å². The molecule has 0 N–H and O–H groups in total. The van der Waals surface area contributed by atoms with E-state index in [2.05, 4.69) is 59.2 Å². The molecule has 1 aromatic heterocycles. The maximum Gasteiger partial charge on any atom is 0.118 e.